The van der Waals surface area contributed by atoms with Crippen LogP contribution in [0.2, 0.25) is 0 Å². The van der Waals surface area contributed by atoms with Crippen LogP contribution in [-0.4, -0.2) is 16.8 Å². The van der Waals surface area contributed by atoms with Crippen molar-refractivity contribution in [2.24, 2.45) is 0 Å². The SMILES string of the molecule is Nc1ccc(OCCC=C[SiH3])cc1. The number of nitrogens with two attached hydrogens (primary N) is 1. The molecule has 0 heterocycles. The van der Waals surface area contributed by atoms with E-state index in [4.69, 9.17) is 10.5 Å². The topological polar surface area (TPSA) is 35.2 Å². The van der Waals surface area contributed by atoms with E-state index in [0.29, 0.717) is 0 Å². The maximum atomic E-state index is 5.54. The summed E-state index contributed by atoms with van der Waals surface area (Å²) in [6.45, 7) is 0.739. The Labute approximate surface area is 81.8 Å². The van der Waals surface area contributed by atoms with Crippen molar-refractivity contribution >= 4 is 15.9 Å². The summed E-state index contributed by atoms with van der Waals surface area (Å²) < 4.78 is 5.47. The summed E-state index contributed by atoms with van der Waals surface area (Å²) in [7, 11) is 1.12. The van der Waals surface area contributed by atoms with E-state index in [1.54, 1.807) is 0 Å². The van der Waals surface area contributed by atoms with Crippen molar-refractivity contribution in [1.29, 1.82) is 0 Å². The second-order valence-corrected chi connectivity index (χ2v) is 3.44. The summed E-state index contributed by atoms with van der Waals surface area (Å²) in [5.74, 6) is 0.885. The molecule has 0 bridgehead atoms. The zero-order valence-corrected chi connectivity index (χ0v) is 9.86. The molecule has 2 nitrogen and oxygen atoms in total. The van der Waals surface area contributed by atoms with Gasteiger partial charge in [-0.15, -0.1) is 5.70 Å². The van der Waals surface area contributed by atoms with E-state index in [-0.39, 0.29) is 0 Å². The minimum Gasteiger partial charge on any atom is -0.493 e. The van der Waals surface area contributed by atoms with Gasteiger partial charge in [0.1, 0.15) is 5.75 Å². The molecule has 0 unspecified atom stereocenters. The summed E-state index contributed by atoms with van der Waals surface area (Å²) in [5.41, 5.74) is 8.47. The van der Waals surface area contributed by atoms with Gasteiger partial charge in [0.15, 0.2) is 0 Å². The lowest BCUT2D eigenvalue weighted by Crippen LogP contribution is -1.95. The van der Waals surface area contributed by atoms with Crippen molar-refractivity contribution < 1.29 is 4.74 Å². The van der Waals surface area contributed by atoms with Crippen LogP contribution in [0.5, 0.6) is 5.75 Å². The fourth-order valence-electron chi connectivity index (χ4n) is 0.976. The molecule has 0 radical (unpaired) electrons. The van der Waals surface area contributed by atoms with Crippen LogP contribution in [0.1, 0.15) is 6.42 Å². The average Bonchev–Trinajstić information content (AvgIpc) is 2.15. The molecular formula is C10H15NOSi. The minimum atomic E-state index is 0.739. The van der Waals surface area contributed by atoms with Gasteiger partial charge in [0.25, 0.3) is 0 Å². The van der Waals surface area contributed by atoms with Gasteiger partial charge in [0.05, 0.1) is 6.61 Å². The molecule has 0 aliphatic heterocycles. The summed E-state index contributed by atoms with van der Waals surface area (Å²) in [6, 6.07) is 7.47. The number of hydrogen-bond donors (Lipinski definition) is 1. The van der Waals surface area contributed by atoms with E-state index in [1.807, 2.05) is 24.3 Å². The van der Waals surface area contributed by atoms with E-state index in [2.05, 4.69) is 11.8 Å². The van der Waals surface area contributed by atoms with Crippen LogP contribution in [0.25, 0.3) is 0 Å². The van der Waals surface area contributed by atoms with E-state index < -0.39 is 0 Å². The Kier molecular flexibility index (Phi) is 4.12. The van der Waals surface area contributed by atoms with Gasteiger partial charge in [-0.1, -0.05) is 6.08 Å². The molecular weight excluding hydrogens is 178 g/mol. The largest absolute Gasteiger partial charge is 0.493 e. The monoisotopic (exact) mass is 193 g/mol. The zero-order chi connectivity index (χ0) is 9.52. The third-order valence-electron chi connectivity index (χ3n) is 1.67. The lowest BCUT2D eigenvalue weighted by Gasteiger charge is -2.03. The van der Waals surface area contributed by atoms with E-state index in [1.165, 1.54) is 0 Å². The average molecular weight is 193 g/mol. The molecule has 1 aromatic rings. The summed E-state index contributed by atoms with van der Waals surface area (Å²) in [5, 5.41) is 0. The van der Waals surface area contributed by atoms with E-state index in [0.717, 1.165) is 34.7 Å². The predicted octanol–water partition coefficient (Wildman–Crippen LogP) is 0.917. The smallest absolute Gasteiger partial charge is 0.119 e. The summed E-state index contributed by atoms with van der Waals surface area (Å²) in [6.07, 6.45) is 3.12. The highest BCUT2D eigenvalue weighted by Gasteiger charge is 1.90. The van der Waals surface area contributed by atoms with Crippen LogP contribution in [0.3, 0.4) is 0 Å². The first-order chi connectivity index (χ1) is 6.33. The van der Waals surface area contributed by atoms with Crippen molar-refractivity contribution in [3.63, 3.8) is 0 Å². The fourth-order valence-corrected chi connectivity index (χ4v) is 1.31. The first-order valence-corrected chi connectivity index (χ1v) is 5.58. The maximum absolute atomic E-state index is 5.54. The molecule has 0 fully saturated rings. The number of benzene rings is 1. The molecule has 0 aromatic heterocycles. The molecule has 0 aliphatic rings. The molecule has 1 rings (SSSR count). The maximum Gasteiger partial charge on any atom is 0.119 e. The Balaban J connectivity index is 2.33. The lowest BCUT2D eigenvalue weighted by molar-refractivity contribution is 0.325. The molecule has 2 N–H and O–H groups in total. The van der Waals surface area contributed by atoms with Gasteiger partial charge in [-0.3, -0.25) is 0 Å². The van der Waals surface area contributed by atoms with Gasteiger partial charge in [0, 0.05) is 15.9 Å². The summed E-state index contributed by atoms with van der Waals surface area (Å²) >= 11 is 0. The Morgan fingerprint density at radius 1 is 1.31 bits per heavy atom. The van der Waals surface area contributed by atoms with Gasteiger partial charge in [-0.2, -0.15) is 0 Å². The Bertz CT molecular complexity index is 269. The molecule has 0 spiro atoms. The number of hydrogen-bond acceptors (Lipinski definition) is 2. The first kappa shape index (κ1) is 9.86. The molecule has 0 saturated heterocycles. The van der Waals surface area contributed by atoms with Gasteiger partial charge >= 0.3 is 0 Å². The second-order valence-electron chi connectivity index (χ2n) is 2.78. The standard InChI is InChI=1S/C10H15NOSi/c11-9-3-5-10(6-4-9)12-7-1-2-8-13/h2-6,8H,1,7,11H2,13H3. The molecule has 3 heteroatoms. The van der Waals surface area contributed by atoms with Crippen LogP contribution in [0.4, 0.5) is 5.69 Å². The first-order valence-electron chi connectivity index (χ1n) is 4.42. The highest BCUT2D eigenvalue weighted by Crippen LogP contribution is 2.12. The molecule has 0 aliphatic carbocycles. The zero-order valence-electron chi connectivity index (χ0n) is 7.86. The van der Waals surface area contributed by atoms with Crippen LogP contribution in [-0.2, 0) is 0 Å². The van der Waals surface area contributed by atoms with E-state index in [9.17, 15) is 0 Å². The van der Waals surface area contributed by atoms with Gasteiger partial charge in [0.2, 0.25) is 0 Å². The number of anilines is 1. The van der Waals surface area contributed by atoms with Crippen molar-refractivity contribution in [3.05, 3.63) is 36.0 Å². The third-order valence-corrected chi connectivity index (χ3v) is 2.14. The quantitative estimate of drug-likeness (QED) is 0.438. The highest BCUT2D eigenvalue weighted by atomic mass is 28.1. The summed E-state index contributed by atoms with van der Waals surface area (Å²) in [4.78, 5) is 0. The Morgan fingerprint density at radius 2 is 2.00 bits per heavy atom. The minimum absolute atomic E-state index is 0.739. The van der Waals surface area contributed by atoms with Crippen LogP contribution in [0, 0.1) is 0 Å². The van der Waals surface area contributed by atoms with E-state index >= 15 is 0 Å². The lowest BCUT2D eigenvalue weighted by atomic mass is 10.3. The molecule has 13 heavy (non-hydrogen) atoms. The molecule has 0 atom stereocenters. The number of rotatable bonds is 4. The normalized spacial score (nSPS) is 10.8. The van der Waals surface area contributed by atoms with Crippen molar-refractivity contribution in [3.8, 4) is 5.75 Å². The van der Waals surface area contributed by atoms with Crippen LogP contribution >= 0.6 is 0 Å². The number of ether oxygens (including phenoxy) is 1. The second kappa shape index (κ2) is 5.43. The van der Waals surface area contributed by atoms with Crippen LogP contribution in [0.15, 0.2) is 36.0 Å². The Morgan fingerprint density at radius 3 is 2.62 bits per heavy atom. The van der Waals surface area contributed by atoms with Gasteiger partial charge in [-0.25, -0.2) is 0 Å². The van der Waals surface area contributed by atoms with Crippen LogP contribution < -0.4 is 10.5 Å². The molecule has 1 aromatic carbocycles. The van der Waals surface area contributed by atoms with Gasteiger partial charge < -0.3 is 10.5 Å². The third kappa shape index (κ3) is 3.80. The van der Waals surface area contributed by atoms with Crippen molar-refractivity contribution in [1.82, 2.24) is 0 Å². The Hall–Kier alpha value is -1.22. The predicted molar refractivity (Wildman–Crippen MR) is 60.0 cm³/mol. The van der Waals surface area contributed by atoms with Crippen molar-refractivity contribution in [2.75, 3.05) is 12.3 Å². The molecule has 0 amide bonds. The molecule has 70 valence electrons. The van der Waals surface area contributed by atoms with Crippen molar-refractivity contribution in [2.45, 2.75) is 6.42 Å². The highest BCUT2D eigenvalue weighted by molar-refractivity contribution is 6.16. The fraction of sp³-hybridized carbons (Fsp3) is 0.200. The molecule has 0 saturated carbocycles. The number of nitrogen functional groups attached to an aromatic ring is 1. The van der Waals surface area contributed by atoms with Gasteiger partial charge in [-0.05, 0) is 30.7 Å².